The minimum Gasteiger partial charge on any atom is -0.497 e. The molecule has 0 spiro atoms. The summed E-state index contributed by atoms with van der Waals surface area (Å²) in [4.78, 5) is 12.0. The Hall–Kier alpha value is -2.54. The van der Waals surface area contributed by atoms with Crippen molar-refractivity contribution in [1.29, 1.82) is 0 Å². The quantitative estimate of drug-likeness (QED) is 0.909. The van der Waals surface area contributed by atoms with Crippen molar-refractivity contribution in [3.8, 4) is 5.75 Å². The molecule has 0 radical (unpaired) electrons. The van der Waals surface area contributed by atoms with Crippen LogP contribution < -0.4 is 15.4 Å². The second-order valence-corrected chi connectivity index (χ2v) is 5.36. The molecule has 2 N–H and O–H groups in total. The Bertz CT molecular complexity index is 648. The minimum atomic E-state index is -0.304. The number of hydrogen-bond donors (Lipinski definition) is 2. The monoisotopic (exact) mass is 316 g/mol. The van der Waals surface area contributed by atoms with Crippen LogP contribution in [-0.2, 0) is 4.74 Å². The van der Waals surface area contributed by atoms with Crippen LogP contribution in [0.2, 0.25) is 0 Å². The van der Waals surface area contributed by atoms with E-state index < -0.39 is 0 Å². The minimum absolute atomic E-state index is 0.304. The van der Waals surface area contributed by atoms with Crippen molar-refractivity contribution in [3.63, 3.8) is 0 Å². The summed E-state index contributed by atoms with van der Waals surface area (Å²) in [6.07, 6.45) is 5.39. The fraction of sp³-hybridized carbons (Fsp3) is 0.375. The van der Waals surface area contributed by atoms with Gasteiger partial charge in [0.05, 0.1) is 25.0 Å². The van der Waals surface area contributed by atoms with E-state index in [0.717, 1.165) is 31.8 Å². The zero-order valence-electron chi connectivity index (χ0n) is 13.0. The highest BCUT2D eigenvalue weighted by Gasteiger charge is 2.16. The molecule has 1 aromatic heterocycles. The highest BCUT2D eigenvalue weighted by molar-refractivity contribution is 5.99. The van der Waals surface area contributed by atoms with Gasteiger partial charge in [-0.2, -0.15) is 5.10 Å². The van der Waals surface area contributed by atoms with E-state index in [2.05, 4.69) is 15.7 Å². The van der Waals surface area contributed by atoms with Crippen LogP contribution in [0.15, 0.2) is 36.7 Å². The molecular weight excluding hydrogens is 296 g/mol. The summed E-state index contributed by atoms with van der Waals surface area (Å²) in [6.45, 7) is 1.51. The van der Waals surface area contributed by atoms with Crippen LogP contribution in [0.3, 0.4) is 0 Å². The highest BCUT2D eigenvalue weighted by Crippen LogP contribution is 2.21. The molecule has 122 valence electrons. The van der Waals surface area contributed by atoms with Crippen molar-refractivity contribution in [1.82, 2.24) is 9.78 Å². The highest BCUT2D eigenvalue weighted by atomic mass is 16.5. The Morgan fingerprint density at radius 3 is 2.61 bits per heavy atom. The third kappa shape index (κ3) is 4.01. The van der Waals surface area contributed by atoms with Gasteiger partial charge in [-0.25, -0.2) is 4.79 Å². The Morgan fingerprint density at radius 2 is 1.91 bits per heavy atom. The van der Waals surface area contributed by atoms with Gasteiger partial charge in [-0.3, -0.25) is 4.68 Å². The van der Waals surface area contributed by atoms with Crippen LogP contribution in [0, 0.1) is 0 Å². The number of urea groups is 1. The largest absolute Gasteiger partial charge is 0.497 e. The van der Waals surface area contributed by atoms with Crippen molar-refractivity contribution < 1.29 is 14.3 Å². The number of nitrogens with zero attached hydrogens (tertiary/aromatic N) is 2. The van der Waals surface area contributed by atoms with Gasteiger partial charge in [0.25, 0.3) is 0 Å². The fourth-order valence-electron chi connectivity index (χ4n) is 2.52. The number of aromatic nitrogens is 2. The molecule has 2 aromatic rings. The molecule has 2 amide bonds. The maximum absolute atomic E-state index is 12.0. The molecule has 2 heterocycles. The summed E-state index contributed by atoms with van der Waals surface area (Å²) in [5, 5.41) is 9.88. The Balaban J connectivity index is 1.55. The van der Waals surface area contributed by atoms with Crippen molar-refractivity contribution in [2.24, 2.45) is 0 Å². The first-order valence-electron chi connectivity index (χ1n) is 7.58. The smallest absolute Gasteiger partial charge is 0.323 e. The van der Waals surface area contributed by atoms with E-state index in [1.807, 2.05) is 10.9 Å². The van der Waals surface area contributed by atoms with E-state index in [-0.39, 0.29) is 6.03 Å². The van der Waals surface area contributed by atoms with Crippen molar-refractivity contribution in [2.45, 2.75) is 18.9 Å². The first-order valence-corrected chi connectivity index (χ1v) is 7.58. The molecule has 1 aromatic carbocycles. The van der Waals surface area contributed by atoms with Crippen molar-refractivity contribution >= 4 is 17.4 Å². The molecule has 1 fully saturated rings. The number of amides is 2. The normalized spacial score (nSPS) is 15.2. The average molecular weight is 316 g/mol. The number of methoxy groups -OCH3 is 1. The molecule has 7 heteroatoms. The number of rotatable bonds is 4. The molecule has 0 bridgehead atoms. The van der Waals surface area contributed by atoms with Crippen molar-refractivity contribution in [2.75, 3.05) is 31.0 Å². The van der Waals surface area contributed by atoms with E-state index in [0.29, 0.717) is 17.4 Å². The van der Waals surface area contributed by atoms with Crippen LogP contribution in [0.4, 0.5) is 16.2 Å². The molecule has 7 nitrogen and oxygen atoms in total. The van der Waals surface area contributed by atoms with Crippen LogP contribution in [0.25, 0.3) is 0 Å². The number of nitrogens with one attached hydrogen (secondary N) is 2. The van der Waals surface area contributed by atoms with Gasteiger partial charge in [-0.05, 0) is 37.1 Å². The number of hydrogen-bond acceptors (Lipinski definition) is 4. The maximum atomic E-state index is 12.0. The van der Waals surface area contributed by atoms with Gasteiger partial charge in [-0.15, -0.1) is 0 Å². The average Bonchev–Trinajstić information content (AvgIpc) is 3.04. The van der Waals surface area contributed by atoms with E-state index >= 15 is 0 Å². The van der Waals surface area contributed by atoms with Crippen LogP contribution >= 0.6 is 0 Å². The molecule has 0 unspecified atom stereocenters. The van der Waals surface area contributed by atoms with E-state index in [1.165, 1.54) is 0 Å². The third-order valence-electron chi connectivity index (χ3n) is 3.77. The summed E-state index contributed by atoms with van der Waals surface area (Å²) in [5.41, 5.74) is 1.36. The van der Waals surface area contributed by atoms with Gasteiger partial charge in [0.2, 0.25) is 0 Å². The lowest BCUT2D eigenvalue weighted by Crippen LogP contribution is -2.20. The molecule has 23 heavy (non-hydrogen) atoms. The lowest BCUT2D eigenvalue weighted by molar-refractivity contribution is 0.0662. The van der Waals surface area contributed by atoms with E-state index in [1.54, 1.807) is 37.6 Å². The second kappa shape index (κ2) is 7.15. The van der Waals surface area contributed by atoms with Crippen LogP contribution in [0.5, 0.6) is 5.75 Å². The number of benzene rings is 1. The standard InChI is InChI=1S/C16H20N4O3/c1-22-15-4-2-12(3-5-15)18-16(21)19-13-10-17-20(11-13)14-6-8-23-9-7-14/h2-5,10-11,14H,6-9H2,1H3,(H2,18,19,21). The van der Waals surface area contributed by atoms with E-state index in [4.69, 9.17) is 9.47 Å². The fourth-order valence-corrected chi connectivity index (χ4v) is 2.52. The topological polar surface area (TPSA) is 77.4 Å². The molecule has 1 saturated heterocycles. The summed E-state index contributed by atoms with van der Waals surface area (Å²) in [6, 6.07) is 7.18. The third-order valence-corrected chi connectivity index (χ3v) is 3.77. The molecule has 1 aliphatic heterocycles. The van der Waals surface area contributed by atoms with Crippen molar-refractivity contribution in [3.05, 3.63) is 36.7 Å². The Kier molecular flexibility index (Phi) is 4.77. The van der Waals surface area contributed by atoms with Gasteiger partial charge in [-0.1, -0.05) is 0 Å². The van der Waals surface area contributed by atoms with Gasteiger partial charge < -0.3 is 20.1 Å². The Morgan fingerprint density at radius 1 is 1.22 bits per heavy atom. The molecule has 0 atom stereocenters. The second-order valence-electron chi connectivity index (χ2n) is 5.36. The molecule has 3 rings (SSSR count). The predicted octanol–water partition coefficient (Wildman–Crippen LogP) is 2.89. The van der Waals surface area contributed by atoms with Gasteiger partial charge in [0.15, 0.2) is 0 Å². The zero-order valence-corrected chi connectivity index (χ0v) is 13.0. The first kappa shape index (κ1) is 15.4. The van der Waals surface area contributed by atoms with Gasteiger partial charge >= 0.3 is 6.03 Å². The molecular formula is C16H20N4O3. The number of anilines is 2. The molecule has 0 saturated carbocycles. The summed E-state index contributed by atoms with van der Waals surface area (Å²) in [7, 11) is 1.60. The summed E-state index contributed by atoms with van der Waals surface area (Å²) >= 11 is 0. The zero-order chi connectivity index (χ0) is 16.1. The lowest BCUT2D eigenvalue weighted by Gasteiger charge is -2.22. The lowest BCUT2D eigenvalue weighted by atomic mass is 10.1. The SMILES string of the molecule is COc1ccc(NC(=O)Nc2cnn(C3CCOCC3)c2)cc1. The summed E-state index contributed by atoms with van der Waals surface area (Å²) in [5.74, 6) is 0.744. The number of ether oxygens (including phenoxy) is 2. The molecule has 0 aliphatic carbocycles. The molecule has 1 aliphatic rings. The maximum Gasteiger partial charge on any atom is 0.323 e. The predicted molar refractivity (Wildman–Crippen MR) is 87.0 cm³/mol. The number of carbonyl (C=O) groups is 1. The summed E-state index contributed by atoms with van der Waals surface area (Å²) < 4.78 is 12.3. The Labute approximate surface area is 134 Å². The first-order chi connectivity index (χ1) is 11.2. The van der Waals surface area contributed by atoms with Gasteiger partial charge in [0.1, 0.15) is 5.75 Å². The van der Waals surface area contributed by atoms with Crippen LogP contribution in [0.1, 0.15) is 18.9 Å². The van der Waals surface area contributed by atoms with E-state index in [9.17, 15) is 4.79 Å². The van der Waals surface area contributed by atoms with Crippen LogP contribution in [-0.4, -0.2) is 36.1 Å². The van der Waals surface area contributed by atoms with Gasteiger partial charge in [0, 0.05) is 25.1 Å². The number of carbonyl (C=O) groups excluding carboxylic acids is 1.